The van der Waals surface area contributed by atoms with Crippen LogP contribution in [-0.4, -0.2) is 70.7 Å². The molecule has 3 rings (SSSR count). The zero-order valence-electron chi connectivity index (χ0n) is 27.2. The second-order valence-electron chi connectivity index (χ2n) is 12.2. The number of hydrogen-bond donors (Lipinski definition) is 2. The standard InChI is InChI=1S/C35H48O8Si/c1-24(22-43-44(35(3,4)5,27-15-11-9-12-16-27)28-17-13-10-14-18-28)33(25(2)31(36)32(37)34(38)41-8)42-23-26-19-20-29(39-6)30(21-26)40-7/h9-21,24-25,31-33,36-37H,22-23H2,1-8H3/t24-,25+,31+,32-,33+/m1/s1. The number of carbonyl (C=O) groups excluding carboxylic acids is 1. The van der Waals surface area contributed by atoms with E-state index in [2.05, 4.69) is 45.0 Å². The zero-order chi connectivity index (χ0) is 32.5. The molecule has 0 unspecified atom stereocenters. The van der Waals surface area contributed by atoms with Crippen molar-refractivity contribution in [1.29, 1.82) is 0 Å². The van der Waals surface area contributed by atoms with Crippen molar-refractivity contribution in [3.63, 3.8) is 0 Å². The molecule has 0 heterocycles. The Kier molecular flexibility index (Phi) is 12.6. The van der Waals surface area contributed by atoms with Crippen molar-refractivity contribution in [2.75, 3.05) is 27.9 Å². The quantitative estimate of drug-likeness (QED) is 0.190. The molecule has 0 bridgehead atoms. The molecule has 0 aliphatic heterocycles. The highest BCUT2D eigenvalue weighted by Crippen LogP contribution is 2.38. The van der Waals surface area contributed by atoms with Crippen molar-refractivity contribution in [2.45, 2.75) is 64.6 Å². The fourth-order valence-electron chi connectivity index (χ4n) is 5.85. The van der Waals surface area contributed by atoms with Gasteiger partial charge in [0.25, 0.3) is 8.32 Å². The van der Waals surface area contributed by atoms with Gasteiger partial charge in [0.2, 0.25) is 0 Å². The first-order valence-corrected chi connectivity index (χ1v) is 16.8. The molecule has 0 radical (unpaired) electrons. The van der Waals surface area contributed by atoms with E-state index in [9.17, 15) is 15.0 Å². The predicted octanol–water partition coefficient (Wildman–Crippen LogP) is 4.33. The molecule has 8 nitrogen and oxygen atoms in total. The van der Waals surface area contributed by atoms with Gasteiger partial charge >= 0.3 is 5.97 Å². The maximum absolute atomic E-state index is 12.1. The molecule has 0 fully saturated rings. The summed E-state index contributed by atoms with van der Waals surface area (Å²) in [6.45, 7) is 10.9. The summed E-state index contributed by atoms with van der Waals surface area (Å²) in [5.74, 6) is -0.625. The monoisotopic (exact) mass is 624 g/mol. The summed E-state index contributed by atoms with van der Waals surface area (Å²) in [5, 5.41) is 23.7. The molecule has 0 aliphatic carbocycles. The summed E-state index contributed by atoms with van der Waals surface area (Å²) in [4.78, 5) is 12.1. The number of aliphatic hydroxyl groups is 2. The van der Waals surface area contributed by atoms with E-state index in [-0.39, 0.29) is 17.6 Å². The summed E-state index contributed by atoms with van der Waals surface area (Å²) in [7, 11) is 1.48. The van der Waals surface area contributed by atoms with Gasteiger partial charge in [-0.3, -0.25) is 0 Å². The Morgan fingerprint density at radius 2 is 1.36 bits per heavy atom. The first-order valence-electron chi connectivity index (χ1n) is 14.9. The van der Waals surface area contributed by atoms with Crippen LogP contribution in [0, 0.1) is 11.8 Å². The fraction of sp³-hybridized carbons (Fsp3) is 0.457. The minimum absolute atomic E-state index is 0.194. The van der Waals surface area contributed by atoms with Crippen LogP contribution in [0.25, 0.3) is 0 Å². The van der Waals surface area contributed by atoms with Crippen LogP contribution in [0.3, 0.4) is 0 Å². The van der Waals surface area contributed by atoms with Gasteiger partial charge in [-0.15, -0.1) is 0 Å². The Balaban J connectivity index is 1.98. The largest absolute Gasteiger partial charge is 0.493 e. The van der Waals surface area contributed by atoms with E-state index >= 15 is 0 Å². The molecule has 3 aromatic rings. The summed E-state index contributed by atoms with van der Waals surface area (Å²) < 4.78 is 29.2. The highest BCUT2D eigenvalue weighted by atomic mass is 28.4. The van der Waals surface area contributed by atoms with Gasteiger partial charge in [0, 0.05) is 18.4 Å². The Hall–Kier alpha value is -3.21. The van der Waals surface area contributed by atoms with E-state index in [4.69, 9.17) is 23.4 Å². The Labute approximate surface area is 263 Å². The molecule has 2 N–H and O–H groups in total. The van der Waals surface area contributed by atoms with Crippen LogP contribution in [0.4, 0.5) is 0 Å². The van der Waals surface area contributed by atoms with Crippen LogP contribution in [0.1, 0.15) is 40.2 Å². The third-order valence-corrected chi connectivity index (χ3v) is 13.3. The second-order valence-corrected chi connectivity index (χ2v) is 16.5. The molecule has 3 aromatic carbocycles. The van der Waals surface area contributed by atoms with E-state index in [0.717, 1.165) is 15.9 Å². The van der Waals surface area contributed by atoms with E-state index in [1.807, 2.05) is 55.5 Å². The number of esters is 1. The average molecular weight is 625 g/mol. The number of carbonyl (C=O) groups is 1. The van der Waals surface area contributed by atoms with Gasteiger partial charge in [0.1, 0.15) is 0 Å². The predicted molar refractivity (Wildman–Crippen MR) is 174 cm³/mol. The molecule has 0 aromatic heterocycles. The average Bonchev–Trinajstić information content (AvgIpc) is 3.04. The van der Waals surface area contributed by atoms with Gasteiger partial charge in [0.05, 0.1) is 40.1 Å². The lowest BCUT2D eigenvalue weighted by atomic mass is 9.87. The first kappa shape index (κ1) is 35.3. The van der Waals surface area contributed by atoms with Crippen LogP contribution in [0.5, 0.6) is 11.5 Å². The molecular formula is C35H48O8Si. The zero-order valence-corrected chi connectivity index (χ0v) is 28.2. The molecule has 0 amide bonds. The van der Waals surface area contributed by atoms with E-state index in [1.54, 1.807) is 27.2 Å². The minimum Gasteiger partial charge on any atom is -0.493 e. The highest BCUT2D eigenvalue weighted by molar-refractivity contribution is 6.99. The molecule has 0 spiro atoms. The summed E-state index contributed by atoms with van der Waals surface area (Å²) in [6, 6.07) is 26.3. The summed E-state index contributed by atoms with van der Waals surface area (Å²) in [6.07, 6.45) is -3.74. The van der Waals surface area contributed by atoms with Crippen LogP contribution in [-0.2, 0) is 25.3 Å². The van der Waals surface area contributed by atoms with Gasteiger partial charge in [-0.2, -0.15) is 0 Å². The molecule has 9 heteroatoms. The molecule has 44 heavy (non-hydrogen) atoms. The van der Waals surface area contributed by atoms with Gasteiger partial charge in [-0.1, -0.05) is 101 Å². The SMILES string of the molecule is COC(=O)[C@H](O)[C@@H](O)[C@H](C)[C@@H](OCc1ccc(OC)c(OC)c1)[C@H](C)CO[Si](c1ccccc1)(c1ccccc1)C(C)(C)C. The van der Waals surface area contributed by atoms with Crippen molar-refractivity contribution in [3.8, 4) is 11.5 Å². The molecule has 0 saturated carbocycles. The van der Waals surface area contributed by atoms with Crippen LogP contribution >= 0.6 is 0 Å². The van der Waals surface area contributed by atoms with Gasteiger partial charge in [-0.25, -0.2) is 4.79 Å². The van der Waals surface area contributed by atoms with E-state index in [0.29, 0.717) is 18.1 Å². The Morgan fingerprint density at radius 3 is 1.84 bits per heavy atom. The Morgan fingerprint density at radius 1 is 0.818 bits per heavy atom. The molecule has 240 valence electrons. The third-order valence-electron chi connectivity index (χ3n) is 8.25. The van der Waals surface area contributed by atoms with Gasteiger partial charge < -0.3 is 33.6 Å². The van der Waals surface area contributed by atoms with Crippen molar-refractivity contribution in [2.24, 2.45) is 11.8 Å². The number of rotatable bonds is 15. The fourth-order valence-corrected chi connectivity index (χ4v) is 10.5. The second kappa shape index (κ2) is 15.7. The highest BCUT2D eigenvalue weighted by Gasteiger charge is 2.50. The molecule has 0 saturated heterocycles. The topological polar surface area (TPSA) is 104 Å². The van der Waals surface area contributed by atoms with Crippen molar-refractivity contribution in [1.82, 2.24) is 0 Å². The van der Waals surface area contributed by atoms with Crippen molar-refractivity contribution < 1.29 is 38.4 Å². The van der Waals surface area contributed by atoms with Crippen molar-refractivity contribution in [3.05, 3.63) is 84.4 Å². The lowest BCUT2D eigenvalue weighted by Gasteiger charge is -2.44. The van der Waals surface area contributed by atoms with Crippen LogP contribution < -0.4 is 19.8 Å². The first-order chi connectivity index (χ1) is 20.9. The molecule has 0 aliphatic rings. The number of hydrogen-bond acceptors (Lipinski definition) is 8. The van der Waals surface area contributed by atoms with E-state index in [1.165, 1.54) is 7.11 Å². The third kappa shape index (κ3) is 7.89. The van der Waals surface area contributed by atoms with E-state index < -0.39 is 38.5 Å². The molecular weight excluding hydrogens is 576 g/mol. The maximum atomic E-state index is 12.1. The lowest BCUT2D eigenvalue weighted by molar-refractivity contribution is -0.163. The number of benzene rings is 3. The number of ether oxygens (including phenoxy) is 4. The molecule has 5 atom stereocenters. The normalized spacial score (nSPS) is 15.5. The van der Waals surface area contributed by atoms with Crippen LogP contribution in [0.2, 0.25) is 5.04 Å². The maximum Gasteiger partial charge on any atom is 0.337 e. The van der Waals surface area contributed by atoms with Crippen LogP contribution in [0.15, 0.2) is 78.9 Å². The van der Waals surface area contributed by atoms with Gasteiger partial charge in [-0.05, 0) is 33.1 Å². The Bertz CT molecular complexity index is 1270. The smallest absolute Gasteiger partial charge is 0.337 e. The lowest BCUT2D eigenvalue weighted by Crippen LogP contribution is -2.67. The number of methoxy groups -OCH3 is 3. The number of aliphatic hydroxyl groups excluding tert-OH is 2. The van der Waals surface area contributed by atoms with Gasteiger partial charge in [0.15, 0.2) is 17.6 Å². The summed E-state index contributed by atoms with van der Waals surface area (Å²) in [5.41, 5.74) is 0.836. The minimum atomic E-state index is -2.85. The summed E-state index contributed by atoms with van der Waals surface area (Å²) >= 11 is 0. The van der Waals surface area contributed by atoms with Crippen molar-refractivity contribution >= 4 is 24.7 Å².